The van der Waals surface area contributed by atoms with E-state index in [-0.39, 0.29) is 12.5 Å². The first-order valence-corrected chi connectivity index (χ1v) is 6.36. The van der Waals surface area contributed by atoms with Gasteiger partial charge in [-0.25, -0.2) is 4.98 Å². The van der Waals surface area contributed by atoms with E-state index in [2.05, 4.69) is 27.1 Å². The molecule has 0 radical (unpaired) electrons. The molecule has 0 aliphatic heterocycles. The second kappa shape index (κ2) is 6.09. The molecule has 0 unspecified atom stereocenters. The van der Waals surface area contributed by atoms with Crippen molar-refractivity contribution in [3.8, 4) is 11.8 Å². The van der Waals surface area contributed by atoms with E-state index in [1.54, 1.807) is 6.07 Å². The van der Waals surface area contributed by atoms with Gasteiger partial charge in [0.2, 0.25) is 0 Å². The zero-order chi connectivity index (χ0) is 13.7. The van der Waals surface area contributed by atoms with Gasteiger partial charge < -0.3 is 5.11 Å². The zero-order valence-corrected chi connectivity index (χ0v) is 11.0. The van der Waals surface area contributed by atoms with Gasteiger partial charge in [0, 0.05) is 17.8 Å². The number of carbonyl (C=O) groups excluding carboxylic acids is 1. The average molecular weight is 273 g/mol. The van der Waals surface area contributed by atoms with Crippen LogP contribution in [0.4, 0.5) is 5.13 Å². The van der Waals surface area contributed by atoms with E-state index in [1.165, 1.54) is 23.7 Å². The maximum atomic E-state index is 12.1. The Bertz CT molecular complexity index is 655. The first-order chi connectivity index (χ1) is 9.20. The highest BCUT2D eigenvalue weighted by Crippen LogP contribution is 2.16. The predicted octanol–water partition coefficient (Wildman–Crippen LogP) is 1.44. The van der Waals surface area contributed by atoms with Crippen LogP contribution in [-0.2, 0) is 0 Å². The van der Waals surface area contributed by atoms with Crippen LogP contribution >= 0.6 is 11.3 Å². The summed E-state index contributed by atoms with van der Waals surface area (Å²) >= 11 is 1.36. The largest absolute Gasteiger partial charge is 0.384 e. The molecular formula is C13H11N3O2S. The van der Waals surface area contributed by atoms with Crippen molar-refractivity contribution in [2.45, 2.75) is 6.92 Å². The molecule has 5 nitrogen and oxygen atoms in total. The number of carbonyl (C=O) groups is 1. The van der Waals surface area contributed by atoms with Crippen molar-refractivity contribution < 1.29 is 9.90 Å². The lowest BCUT2D eigenvalue weighted by Crippen LogP contribution is -2.13. The number of aromatic nitrogens is 2. The molecule has 0 fully saturated rings. The van der Waals surface area contributed by atoms with Gasteiger partial charge in [0.1, 0.15) is 6.61 Å². The Kier molecular flexibility index (Phi) is 4.23. The van der Waals surface area contributed by atoms with Gasteiger partial charge in [0.05, 0.1) is 16.8 Å². The number of aryl methyl sites for hydroxylation is 1. The summed E-state index contributed by atoms with van der Waals surface area (Å²) in [6, 6.07) is 1.58. The minimum atomic E-state index is -0.293. The van der Waals surface area contributed by atoms with E-state index in [0.29, 0.717) is 16.3 Å². The molecule has 96 valence electrons. The second-order valence-corrected chi connectivity index (χ2v) is 4.49. The third-order valence-electron chi connectivity index (χ3n) is 2.21. The summed E-state index contributed by atoms with van der Waals surface area (Å²) in [6.45, 7) is 1.60. The number of nitrogens with zero attached hydrogens (tertiary/aromatic N) is 2. The summed E-state index contributed by atoms with van der Waals surface area (Å²) < 4.78 is 0. The minimum absolute atomic E-state index is 0.262. The second-order valence-electron chi connectivity index (χ2n) is 3.63. The van der Waals surface area contributed by atoms with Crippen molar-refractivity contribution in [3.63, 3.8) is 0 Å². The molecule has 0 aromatic carbocycles. The van der Waals surface area contributed by atoms with E-state index in [0.717, 1.165) is 5.69 Å². The van der Waals surface area contributed by atoms with Gasteiger partial charge in [-0.1, -0.05) is 11.8 Å². The molecule has 2 aromatic heterocycles. The van der Waals surface area contributed by atoms with Crippen LogP contribution in [0.25, 0.3) is 0 Å². The van der Waals surface area contributed by atoms with Crippen molar-refractivity contribution in [2.75, 3.05) is 11.9 Å². The normalized spacial score (nSPS) is 9.58. The number of anilines is 1. The highest BCUT2D eigenvalue weighted by molar-refractivity contribution is 7.13. The fraction of sp³-hybridized carbons (Fsp3) is 0.154. The molecule has 0 aliphatic carbocycles. The maximum Gasteiger partial charge on any atom is 0.258 e. The molecule has 0 saturated heterocycles. The van der Waals surface area contributed by atoms with Gasteiger partial charge in [-0.15, -0.1) is 11.3 Å². The Morgan fingerprint density at radius 1 is 1.58 bits per heavy atom. The summed E-state index contributed by atoms with van der Waals surface area (Å²) in [7, 11) is 0. The first kappa shape index (κ1) is 13.2. The van der Waals surface area contributed by atoms with Crippen LogP contribution < -0.4 is 5.32 Å². The first-order valence-electron chi connectivity index (χ1n) is 5.48. The van der Waals surface area contributed by atoms with Crippen molar-refractivity contribution in [1.82, 2.24) is 9.97 Å². The molecule has 0 saturated carbocycles. The SMILES string of the molecule is Cc1csc(NC(=O)c2ccncc2C#CCO)n1. The molecule has 2 aromatic rings. The van der Waals surface area contributed by atoms with Crippen LogP contribution in [-0.4, -0.2) is 27.6 Å². The van der Waals surface area contributed by atoms with Gasteiger partial charge in [-0.3, -0.25) is 15.1 Å². The van der Waals surface area contributed by atoms with Crippen LogP contribution in [0.2, 0.25) is 0 Å². The predicted molar refractivity (Wildman–Crippen MR) is 73.0 cm³/mol. The topological polar surface area (TPSA) is 75.1 Å². The molecule has 1 amide bonds. The number of nitrogens with one attached hydrogen (secondary N) is 1. The van der Waals surface area contributed by atoms with Crippen molar-refractivity contribution in [3.05, 3.63) is 40.7 Å². The lowest BCUT2D eigenvalue weighted by Gasteiger charge is -2.03. The molecule has 19 heavy (non-hydrogen) atoms. The maximum absolute atomic E-state index is 12.1. The van der Waals surface area contributed by atoms with Crippen LogP contribution in [0.5, 0.6) is 0 Å². The monoisotopic (exact) mass is 273 g/mol. The summed E-state index contributed by atoms with van der Waals surface area (Å²) in [4.78, 5) is 20.2. The third-order valence-corrected chi connectivity index (χ3v) is 3.08. The number of pyridine rings is 1. The standard InChI is InChI=1S/C13H11N3O2S/c1-9-8-19-13(15-9)16-12(18)11-4-5-14-7-10(11)3-2-6-17/h4-5,7-8,17H,6H2,1H3,(H,15,16,18). The van der Waals surface area contributed by atoms with Gasteiger partial charge in [0.25, 0.3) is 5.91 Å². The van der Waals surface area contributed by atoms with E-state index < -0.39 is 0 Å². The number of aliphatic hydroxyl groups is 1. The molecule has 0 aliphatic rings. The van der Waals surface area contributed by atoms with Crippen molar-refractivity contribution in [1.29, 1.82) is 0 Å². The van der Waals surface area contributed by atoms with Crippen molar-refractivity contribution in [2.24, 2.45) is 0 Å². The van der Waals surface area contributed by atoms with E-state index >= 15 is 0 Å². The Balaban J connectivity index is 2.23. The minimum Gasteiger partial charge on any atom is -0.384 e. The third kappa shape index (κ3) is 3.37. The average Bonchev–Trinajstić information content (AvgIpc) is 2.82. The molecular weight excluding hydrogens is 262 g/mol. The van der Waals surface area contributed by atoms with Gasteiger partial charge in [0.15, 0.2) is 5.13 Å². The Hall–Kier alpha value is -2.23. The number of amides is 1. The number of aliphatic hydroxyl groups excluding tert-OH is 1. The molecule has 2 rings (SSSR count). The Morgan fingerprint density at radius 3 is 3.11 bits per heavy atom. The lowest BCUT2D eigenvalue weighted by atomic mass is 10.1. The molecule has 0 bridgehead atoms. The Labute approximate surface area is 114 Å². The van der Waals surface area contributed by atoms with E-state index in [9.17, 15) is 4.79 Å². The Morgan fingerprint density at radius 2 is 2.42 bits per heavy atom. The quantitative estimate of drug-likeness (QED) is 0.812. The number of hydrogen-bond donors (Lipinski definition) is 2. The lowest BCUT2D eigenvalue weighted by molar-refractivity contribution is 0.102. The number of hydrogen-bond acceptors (Lipinski definition) is 5. The number of thiazole rings is 1. The fourth-order valence-electron chi connectivity index (χ4n) is 1.40. The van der Waals surface area contributed by atoms with E-state index in [4.69, 9.17) is 5.11 Å². The highest BCUT2D eigenvalue weighted by atomic mass is 32.1. The van der Waals surface area contributed by atoms with Gasteiger partial charge in [-0.2, -0.15) is 0 Å². The summed E-state index contributed by atoms with van der Waals surface area (Å²) in [5, 5.41) is 13.8. The molecule has 0 atom stereocenters. The summed E-state index contributed by atoms with van der Waals surface area (Å²) in [5.74, 6) is 4.90. The summed E-state index contributed by atoms with van der Waals surface area (Å²) in [5.41, 5.74) is 1.74. The van der Waals surface area contributed by atoms with Crippen LogP contribution in [0.3, 0.4) is 0 Å². The molecule has 0 spiro atoms. The zero-order valence-electron chi connectivity index (χ0n) is 10.2. The van der Waals surface area contributed by atoms with Crippen LogP contribution in [0.1, 0.15) is 21.6 Å². The molecule has 2 heterocycles. The van der Waals surface area contributed by atoms with Crippen molar-refractivity contribution >= 4 is 22.4 Å². The van der Waals surface area contributed by atoms with Gasteiger partial charge in [-0.05, 0) is 13.0 Å². The molecule has 6 heteroatoms. The number of rotatable bonds is 2. The van der Waals surface area contributed by atoms with Gasteiger partial charge >= 0.3 is 0 Å². The highest BCUT2D eigenvalue weighted by Gasteiger charge is 2.11. The molecule has 2 N–H and O–H groups in total. The van der Waals surface area contributed by atoms with E-state index in [1.807, 2.05) is 12.3 Å². The smallest absolute Gasteiger partial charge is 0.258 e. The fourth-order valence-corrected chi connectivity index (χ4v) is 2.09. The van der Waals surface area contributed by atoms with Crippen LogP contribution in [0.15, 0.2) is 23.8 Å². The summed E-state index contributed by atoms with van der Waals surface area (Å²) in [6.07, 6.45) is 3.01. The van der Waals surface area contributed by atoms with Crippen LogP contribution in [0, 0.1) is 18.8 Å².